The second kappa shape index (κ2) is 3840. The molecule has 0 aliphatic heterocycles. The summed E-state index contributed by atoms with van der Waals surface area (Å²) >= 11 is 0. The monoisotopic (exact) mass is 246 g/mol. The van der Waals surface area contributed by atoms with Crippen molar-refractivity contribution < 1.29 is 42.3 Å². The summed E-state index contributed by atoms with van der Waals surface area (Å²) in [6.45, 7) is 0. The van der Waals surface area contributed by atoms with E-state index in [1.807, 2.05) is 0 Å². The van der Waals surface area contributed by atoms with Crippen LogP contribution in [-0.4, -0.2) is 21.9 Å². The van der Waals surface area contributed by atoms with E-state index in [4.69, 9.17) is 0 Å². The average molecular weight is 247 g/mol. The maximum absolute atomic E-state index is 0. The fourth-order valence-corrected chi connectivity index (χ4v) is 0. The van der Waals surface area contributed by atoms with E-state index in [1.165, 1.54) is 0 Å². The van der Waals surface area contributed by atoms with Gasteiger partial charge in [-0.15, -0.1) is 0 Å². The molecule has 0 amide bonds. The molecule has 9 heteroatoms. The van der Waals surface area contributed by atoms with Gasteiger partial charge >= 0.3 is 0 Å². The van der Waals surface area contributed by atoms with Gasteiger partial charge in [0.15, 0.2) is 0 Å². The maximum Gasteiger partial charge on any atom is 0 e. The molecule has 0 saturated carbocycles. The molecule has 0 atom stereocenters. The van der Waals surface area contributed by atoms with E-state index in [-0.39, 0.29) is 66.9 Å². The van der Waals surface area contributed by atoms with Crippen LogP contribution in [0.25, 0.3) is 0 Å². The smallest absolute Gasteiger partial charge is 0 e. The van der Waals surface area contributed by atoms with Crippen molar-refractivity contribution >= 4 is 0 Å². The van der Waals surface area contributed by atoms with Crippen molar-refractivity contribution in [2.24, 2.45) is 0 Å². The van der Waals surface area contributed by atoms with E-state index in [0.29, 0.717) is 0 Å². The summed E-state index contributed by atoms with van der Waals surface area (Å²) in [5.41, 5.74) is 0. The van der Waals surface area contributed by atoms with Gasteiger partial charge in [0, 0.05) is 20.4 Å². The Morgan fingerprint density at radius 2 is 0.333 bits per heavy atom. The molecule has 74 valence electrons. The first-order chi connectivity index (χ1) is 0. The summed E-state index contributed by atoms with van der Waals surface area (Å²) in [5, 5.41) is 0. The van der Waals surface area contributed by atoms with Crippen LogP contribution in [0, 0.1) is 0 Å². The topological polar surface area (TPSA) is 266 Å². The summed E-state index contributed by atoms with van der Waals surface area (Å²) in [6.07, 6.45) is 0. The van der Waals surface area contributed by atoms with Gasteiger partial charge < -0.3 is 46.5 Å². The van der Waals surface area contributed by atoms with Crippen LogP contribution in [0.2, 0.25) is 0 Å². The molecule has 0 heterocycles. The summed E-state index contributed by atoms with van der Waals surface area (Å²) in [5.74, 6) is 0. The van der Waals surface area contributed by atoms with Crippen LogP contribution in [-0.2, 0) is 20.4 Å². The van der Waals surface area contributed by atoms with Crippen molar-refractivity contribution in [3.8, 4) is 0 Å². The fraction of sp³-hybridized carbons (Fsp3) is 0. The zero-order valence-electron chi connectivity index (χ0n) is 5.14. The summed E-state index contributed by atoms with van der Waals surface area (Å²) in [4.78, 5) is 0. The minimum absolute atomic E-state index is 0. The Labute approximate surface area is 67.6 Å². The summed E-state index contributed by atoms with van der Waals surface area (Å²) in [6, 6.07) is 0. The predicted molar refractivity (Wildman–Crippen MR) is 34.5 cm³/mol. The van der Waals surface area contributed by atoms with Crippen LogP contribution >= 0.6 is 0 Å². The minimum Gasteiger partial charge on any atom is -0.412 e. The van der Waals surface area contributed by atoms with Crippen molar-refractivity contribution in [3.05, 3.63) is 0 Å². The second-order valence-corrected chi connectivity index (χ2v) is 0. The van der Waals surface area contributed by atoms with Gasteiger partial charge in [-0.05, 0) is 0 Å². The Hall–Kier alpha value is 0.342. The first kappa shape index (κ1) is 5550. The van der Waals surface area contributed by atoms with Crippen molar-refractivity contribution in [1.29, 1.82) is 0 Å². The quantitative estimate of drug-likeness (QED) is 0.333. The van der Waals surface area contributed by atoms with Gasteiger partial charge in [0.05, 0.1) is 0 Å². The second-order valence-electron chi connectivity index (χ2n) is 0. The van der Waals surface area contributed by atoms with Gasteiger partial charge in [0.25, 0.3) is 0 Å². The third kappa shape index (κ3) is 2860. The molecular formula is H20N4O4Pd. The van der Waals surface area contributed by atoms with E-state index in [0.717, 1.165) is 0 Å². The predicted octanol–water partition coefficient (Wildman–Crippen LogP) is -2.65. The average Bonchev–Trinajstić information content (AvgIpc) is 0. The largest absolute Gasteiger partial charge is 0.412 e. The maximum atomic E-state index is 0. The van der Waals surface area contributed by atoms with Crippen molar-refractivity contribution in [3.63, 3.8) is 0 Å². The molecule has 0 aromatic heterocycles. The van der Waals surface area contributed by atoms with Gasteiger partial charge in [-0.25, -0.2) is 0 Å². The Morgan fingerprint density at radius 3 is 0.333 bits per heavy atom. The SMILES string of the molecule is N.N.N.N.O.O.O.O.[Pd]. The molecule has 9 heavy (non-hydrogen) atoms. The standard InChI is InChI=1S/4H3N.4H2O.Pd/h4*1H3;4*1H2;. The zero-order chi connectivity index (χ0) is 0. The molecule has 0 spiro atoms. The molecule has 8 nitrogen and oxygen atoms in total. The molecule has 0 unspecified atom stereocenters. The third-order valence-electron chi connectivity index (χ3n) is 0. The van der Waals surface area contributed by atoms with Crippen LogP contribution in [0.4, 0.5) is 0 Å². The zero-order valence-corrected chi connectivity index (χ0v) is 6.70. The summed E-state index contributed by atoms with van der Waals surface area (Å²) < 4.78 is 0. The molecule has 0 fully saturated rings. The minimum atomic E-state index is 0. The van der Waals surface area contributed by atoms with E-state index in [1.54, 1.807) is 0 Å². The molecule has 0 aliphatic rings. The Kier molecular flexibility index (Phi) is 2370000. The first-order valence-electron chi connectivity index (χ1n) is 0. The molecule has 0 saturated heterocycles. The van der Waals surface area contributed by atoms with Crippen molar-refractivity contribution in [2.75, 3.05) is 0 Å². The van der Waals surface area contributed by atoms with E-state index >= 15 is 0 Å². The molecule has 0 aliphatic carbocycles. The Balaban J connectivity index is 0. The van der Waals surface area contributed by atoms with Crippen LogP contribution in [0.15, 0.2) is 0 Å². The van der Waals surface area contributed by atoms with Crippen molar-refractivity contribution in [1.82, 2.24) is 24.6 Å². The Bertz CT molecular complexity index is 12.5. The van der Waals surface area contributed by atoms with Crippen LogP contribution in [0.3, 0.4) is 0 Å². The normalized spacial score (nSPS) is 0. The number of rotatable bonds is 0. The van der Waals surface area contributed by atoms with E-state index in [2.05, 4.69) is 0 Å². The molecule has 0 aromatic carbocycles. The molecule has 0 rings (SSSR count). The molecule has 20 N–H and O–H groups in total. The van der Waals surface area contributed by atoms with Gasteiger partial charge in [-0.1, -0.05) is 0 Å². The first-order valence-corrected chi connectivity index (χ1v) is 0. The van der Waals surface area contributed by atoms with Gasteiger partial charge in [0.2, 0.25) is 0 Å². The van der Waals surface area contributed by atoms with Crippen LogP contribution in [0.1, 0.15) is 0 Å². The molecule has 0 radical (unpaired) electrons. The summed E-state index contributed by atoms with van der Waals surface area (Å²) in [7, 11) is 0. The van der Waals surface area contributed by atoms with Gasteiger partial charge in [0.1, 0.15) is 0 Å². The molecule has 0 aromatic rings. The molecule has 0 bridgehead atoms. The van der Waals surface area contributed by atoms with Gasteiger partial charge in [-0.3, -0.25) is 0 Å². The van der Waals surface area contributed by atoms with E-state index in [9.17, 15) is 0 Å². The fourth-order valence-electron chi connectivity index (χ4n) is 0. The Morgan fingerprint density at radius 1 is 0.333 bits per heavy atom. The molecular weight excluding hydrogens is 226 g/mol. The van der Waals surface area contributed by atoms with Gasteiger partial charge in [-0.2, -0.15) is 0 Å². The third-order valence-corrected chi connectivity index (χ3v) is 0. The number of hydrogen-bond acceptors (Lipinski definition) is 4. The van der Waals surface area contributed by atoms with E-state index < -0.39 is 0 Å². The number of hydrogen-bond donors (Lipinski definition) is 4. The van der Waals surface area contributed by atoms with Crippen LogP contribution < -0.4 is 24.6 Å². The van der Waals surface area contributed by atoms with Crippen LogP contribution in [0.5, 0.6) is 0 Å². The van der Waals surface area contributed by atoms with Crippen molar-refractivity contribution in [2.45, 2.75) is 0 Å².